The van der Waals surface area contributed by atoms with Gasteiger partial charge in [0, 0.05) is 6.42 Å². The van der Waals surface area contributed by atoms with E-state index in [1.54, 1.807) is 0 Å². The Morgan fingerprint density at radius 2 is 1.91 bits per heavy atom. The van der Waals surface area contributed by atoms with Crippen LogP contribution in [0.1, 0.15) is 59.3 Å². The number of carbonyl (C=O) groups excluding carboxylic acids is 1. The van der Waals surface area contributed by atoms with Crippen LogP contribution in [0.3, 0.4) is 0 Å². The van der Waals surface area contributed by atoms with Crippen molar-refractivity contribution in [2.45, 2.75) is 65.4 Å². The number of aliphatic hydroxyl groups is 1. The van der Waals surface area contributed by atoms with Crippen molar-refractivity contribution in [1.82, 2.24) is 0 Å². The number of hydrogen-bond acceptors (Lipinski definition) is 2. The van der Waals surface area contributed by atoms with Crippen LogP contribution in [0.2, 0.25) is 0 Å². The summed E-state index contributed by atoms with van der Waals surface area (Å²) < 4.78 is 0. The molecule has 0 unspecified atom stereocenters. The maximum atomic E-state index is 11.8. The molecule has 0 aromatic carbocycles. The molecule has 0 amide bonds. The van der Waals surface area contributed by atoms with Crippen LogP contribution in [-0.2, 0) is 4.79 Å². The Morgan fingerprint density at radius 1 is 1.14 bits per heavy atom. The van der Waals surface area contributed by atoms with Gasteiger partial charge in [0.15, 0.2) is 5.78 Å². The van der Waals surface area contributed by atoms with Crippen LogP contribution >= 0.6 is 0 Å². The number of aliphatic hydroxyl groups excluding tert-OH is 1. The van der Waals surface area contributed by atoms with Crippen molar-refractivity contribution < 1.29 is 9.90 Å². The van der Waals surface area contributed by atoms with Gasteiger partial charge in [-0.3, -0.25) is 4.79 Å². The first kappa shape index (κ1) is 14.9. The maximum Gasteiger partial charge on any atom is 0.155 e. The molecule has 4 aliphatic rings. The minimum absolute atomic E-state index is 0.0991. The first-order valence-electron chi connectivity index (χ1n) is 9.33. The zero-order valence-corrected chi connectivity index (χ0v) is 14.2. The molecule has 0 spiro atoms. The molecule has 2 nitrogen and oxygen atoms in total. The molecule has 0 radical (unpaired) electrons. The van der Waals surface area contributed by atoms with E-state index < -0.39 is 0 Å². The Bertz CT molecular complexity index is 522. The maximum absolute atomic E-state index is 11.8. The summed E-state index contributed by atoms with van der Waals surface area (Å²) in [6, 6.07) is 0. The van der Waals surface area contributed by atoms with Gasteiger partial charge >= 0.3 is 0 Å². The van der Waals surface area contributed by atoms with Gasteiger partial charge in [0.1, 0.15) is 0 Å². The minimum Gasteiger partial charge on any atom is -0.393 e. The lowest BCUT2D eigenvalue weighted by Crippen LogP contribution is -2.53. The fraction of sp³-hybridized carbons (Fsp3) is 0.850. The van der Waals surface area contributed by atoms with Crippen molar-refractivity contribution in [2.75, 3.05) is 0 Å². The molecule has 4 rings (SSSR count). The molecule has 0 aromatic rings. The highest BCUT2D eigenvalue weighted by Gasteiger charge is 2.59. The Morgan fingerprint density at radius 3 is 2.68 bits per heavy atom. The summed E-state index contributed by atoms with van der Waals surface area (Å²) in [6.07, 6.45) is 8.22. The molecule has 0 aromatic heterocycles. The van der Waals surface area contributed by atoms with Crippen LogP contribution in [0.4, 0.5) is 0 Å². The van der Waals surface area contributed by atoms with E-state index in [2.05, 4.69) is 20.8 Å². The summed E-state index contributed by atoms with van der Waals surface area (Å²) in [5, 5.41) is 10.6. The summed E-state index contributed by atoms with van der Waals surface area (Å²) >= 11 is 0. The summed E-state index contributed by atoms with van der Waals surface area (Å²) in [4.78, 5) is 11.8. The SMILES string of the molecule is C[C@H]1C[C@]2(C)[C@@H](O)CC[C@H]2[C@H]2[C@H]1[C@H]1CCC(=O)C=C1C[C@@H]2C. The number of allylic oxidation sites excluding steroid dienone is 1. The lowest BCUT2D eigenvalue weighted by molar-refractivity contribution is -0.118. The van der Waals surface area contributed by atoms with E-state index in [1.165, 1.54) is 18.4 Å². The molecular weight excluding hydrogens is 272 g/mol. The molecule has 122 valence electrons. The Hall–Kier alpha value is -0.630. The zero-order chi connectivity index (χ0) is 15.6. The van der Waals surface area contributed by atoms with Gasteiger partial charge in [-0.25, -0.2) is 0 Å². The van der Waals surface area contributed by atoms with Crippen LogP contribution in [0, 0.1) is 40.9 Å². The van der Waals surface area contributed by atoms with Crippen LogP contribution in [0.5, 0.6) is 0 Å². The average Bonchev–Trinajstić information content (AvgIpc) is 2.74. The highest BCUT2D eigenvalue weighted by Crippen LogP contribution is 2.64. The summed E-state index contributed by atoms with van der Waals surface area (Å²) in [7, 11) is 0. The molecule has 2 heteroatoms. The summed E-state index contributed by atoms with van der Waals surface area (Å²) in [6.45, 7) is 7.16. The molecule has 3 saturated carbocycles. The van der Waals surface area contributed by atoms with Crippen LogP contribution in [0.15, 0.2) is 11.6 Å². The van der Waals surface area contributed by atoms with Gasteiger partial charge in [-0.05, 0) is 79.1 Å². The molecule has 0 aliphatic heterocycles. The first-order chi connectivity index (χ1) is 10.4. The predicted octanol–water partition coefficient (Wildman–Crippen LogP) is 3.98. The first-order valence-corrected chi connectivity index (χ1v) is 9.33. The third-order valence-electron chi connectivity index (χ3n) is 7.89. The highest BCUT2D eigenvalue weighted by molar-refractivity contribution is 5.91. The van der Waals surface area contributed by atoms with Gasteiger partial charge in [-0.15, -0.1) is 0 Å². The lowest BCUT2D eigenvalue weighted by Gasteiger charge is -2.58. The van der Waals surface area contributed by atoms with Crippen molar-refractivity contribution in [3.63, 3.8) is 0 Å². The third-order valence-corrected chi connectivity index (χ3v) is 7.89. The van der Waals surface area contributed by atoms with Crippen molar-refractivity contribution in [2.24, 2.45) is 40.9 Å². The normalized spacial score (nSPS) is 54.3. The second-order valence-electron chi connectivity index (χ2n) is 9.05. The number of carbonyl (C=O) groups is 1. The van der Waals surface area contributed by atoms with E-state index in [4.69, 9.17) is 0 Å². The standard InChI is InChI=1S/C20H30O2/c1-11-8-13-9-14(21)4-5-15(13)18-12(2)10-20(3)16(19(11)18)6-7-17(20)22/h9,11-12,15-19,22H,4-8,10H2,1-3H3/t11-,12-,15-,16-,17-,18+,19-,20-/m0/s1. The van der Waals surface area contributed by atoms with E-state index in [0.717, 1.165) is 37.5 Å². The van der Waals surface area contributed by atoms with E-state index in [0.29, 0.717) is 29.5 Å². The van der Waals surface area contributed by atoms with Crippen LogP contribution in [-0.4, -0.2) is 17.0 Å². The second-order valence-corrected chi connectivity index (χ2v) is 9.05. The summed E-state index contributed by atoms with van der Waals surface area (Å²) in [5.41, 5.74) is 1.60. The molecule has 22 heavy (non-hydrogen) atoms. The molecule has 8 atom stereocenters. The molecule has 0 heterocycles. The van der Waals surface area contributed by atoms with Gasteiger partial charge in [-0.2, -0.15) is 0 Å². The van der Waals surface area contributed by atoms with E-state index in [1.807, 2.05) is 6.08 Å². The quantitative estimate of drug-likeness (QED) is 0.735. The fourth-order valence-electron chi connectivity index (χ4n) is 7.11. The molecule has 3 fully saturated rings. The largest absolute Gasteiger partial charge is 0.393 e. The number of ketones is 1. The Labute approximate surface area is 134 Å². The van der Waals surface area contributed by atoms with Crippen molar-refractivity contribution >= 4 is 5.78 Å². The van der Waals surface area contributed by atoms with Crippen molar-refractivity contribution in [3.05, 3.63) is 11.6 Å². The van der Waals surface area contributed by atoms with Crippen LogP contribution in [0.25, 0.3) is 0 Å². The average molecular weight is 302 g/mol. The summed E-state index contributed by atoms with van der Waals surface area (Å²) in [5.74, 6) is 4.52. The molecule has 0 saturated heterocycles. The van der Waals surface area contributed by atoms with Gasteiger partial charge in [0.05, 0.1) is 6.10 Å². The molecule has 0 bridgehead atoms. The van der Waals surface area contributed by atoms with E-state index in [9.17, 15) is 9.90 Å². The van der Waals surface area contributed by atoms with Gasteiger partial charge < -0.3 is 5.11 Å². The number of rotatable bonds is 0. The third kappa shape index (κ3) is 1.92. The predicted molar refractivity (Wildman–Crippen MR) is 87.2 cm³/mol. The number of hydrogen-bond donors (Lipinski definition) is 1. The monoisotopic (exact) mass is 302 g/mol. The number of fused-ring (bicyclic) bond motifs is 5. The highest BCUT2D eigenvalue weighted by atomic mass is 16.3. The van der Waals surface area contributed by atoms with Crippen molar-refractivity contribution in [3.8, 4) is 0 Å². The topological polar surface area (TPSA) is 37.3 Å². The molecular formula is C20H30O2. The zero-order valence-electron chi connectivity index (χ0n) is 14.2. The molecule has 4 aliphatic carbocycles. The van der Waals surface area contributed by atoms with Gasteiger partial charge in [-0.1, -0.05) is 26.3 Å². The van der Waals surface area contributed by atoms with E-state index >= 15 is 0 Å². The van der Waals surface area contributed by atoms with Crippen molar-refractivity contribution in [1.29, 1.82) is 0 Å². The van der Waals surface area contributed by atoms with Gasteiger partial charge in [0.2, 0.25) is 0 Å². The minimum atomic E-state index is -0.0991. The lowest BCUT2D eigenvalue weighted by atomic mass is 9.47. The van der Waals surface area contributed by atoms with Crippen LogP contribution < -0.4 is 0 Å². The molecule has 1 N–H and O–H groups in total. The van der Waals surface area contributed by atoms with Gasteiger partial charge in [0.25, 0.3) is 0 Å². The fourth-order valence-corrected chi connectivity index (χ4v) is 7.11. The second kappa shape index (κ2) is 4.93. The Kier molecular flexibility index (Phi) is 3.35. The Balaban J connectivity index is 1.73. The van der Waals surface area contributed by atoms with E-state index in [-0.39, 0.29) is 11.5 Å². The smallest absolute Gasteiger partial charge is 0.155 e.